The fraction of sp³-hybridized carbons (Fsp3) is 0.300. The molecule has 0 atom stereocenters. The van der Waals surface area contributed by atoms with Gasteiger partial charge in [0, 0.05) is 23.9 Å². The van der Waals surface area contributed by atoms with E-state index in [1.54, 1.807) is 12.1 Å². The first-order valence-electron chi connectivity index (χ1n) is 9.43. The molecule has 0 spiro atoms. The van der Waals surface area contributed by atoms with E-state index in [2.05, 4.69) is 14.8 Å². The van der Waals surface area contributed by atoms with Gasteiger partial charge in [0.15, 0.2) is 0 Å². The number of amides is 1. The average Bonchev–Trinajstić information content (AvgIpc) is 2.68. The molecule has 1 aliphatic heterocycles. The zero-order valence-corrected chi connectivity index (χ0v) is 19.5. The third kappa shape index (κ3) is 6.41. The van der Waals surface area contributed by atoms with Gasteiger partial charge in [0.25, 0.3) is 0 Å². The molecule has 0 bridgehead atoms. The first kappa shape index (κ1) is 24.0. The molecular weight excluding hydrogens is 483 g/mol. The highest BCUT2D eigenvalue weighted by molar-refractivity contribution is 7.82. The van der Waals surface area contributed by atoms with Crippen LogP contribution in [-0.2, 0) is 25.0 Å². The maximum absolute atomic E-state index is 11.8. The maximum Gasteiger partial charge on any atom is 0.521 e. The molecule has 2 aromatic rings. The van der Waals surface area contributed by atoms with Crippen LogP contribution in [0.15, 0.2) is 41.6 Å². The minimum absolute atomic E-state index is 0.0563. The number of benzene rings is 2. The van der Waals surface area contributed by atoms with E-state index in [0.29, 0.717) is 30.9 Å². The second-order valence-corrected chi connectivity index (χ2v) is 9.10. The number of ether oxygens (including phenoxy) is 2. The van der Waals surface area contributed by atoms with E-state index < -0.39 is 22.1 Å². The van der Waals surface area contributed by atoms with Crippen molar-refractivity contribution in [1.82, 2.24) is 0 Å². The smallest absolute Gasteiger partial charge is 0.494 e. The molecule has 1 N–H and O–H groups in total. The molecule has 32 heavy (non-hydrogen) atoms. The third-order valence-corrected chi connectivity index (χ3v) is 5.67. The number of anilines is 1. The number of nitrogens with zero attached hydrogens (tertiary/aromatic N) is 1. The number of cyclic esters (lactones) is 1. The van der Waals surface area contributed by atoms with Gasteiger partial charge < -0.3 is 13.7 Å². The number of rotatable bonds is 9. The fourth-order valence-corrected chi connectivity index (χ4v) is 3.65. The van der Waals surface area contributed by atoms with Crippen LogP contribution in [0.2, 0.25) is 10.0 Å². The van der Waals surface area contributed by atoms with Gasteiger partial charge in [-0.1, -0.05) is 28.4 Å². The lowest BCUT2D eigenvalue weighted by molar-refractivity contribution is 0.0420. The van der Waals surface area contributed by atoms with E-state index in [4.69, 9.17) is 36.9 Å². The van der Waals surface area contributed by atoms with Gasteiger partial charge in [0.05, 0.1) is 22.3 Å². The minimum Gasteiger partial charge on any atom is -0.494 e. The van der Waals surface area contributed by atoms with E-state index in [1.165, 1.54) is 24.4 Å². The summed E-state index contributed by atoms with van der Waals surface area (Å²) < 4.78 is 43.6. The lowest BCUT2D eigenvalue weighted by Gasteiger charge is -2.32. The summed E-state index contributed by atoms with van der Waals surface area (Å²) in [7, 11) is -4.40. The van der Waals surface area contributed by atoms with Gasteiger partial charge in [-0.3, -0.25) is 5.32 Å². The van der Waals surface area contributed by atoms with Crippen molar-refractivity contribution in [2.24, 2.45) is 5.16 Å². The van der Waals surface area contributed by atoms with Crippen molar-refractivity contribution in [2.75, 3.05) is 11.9 Å². The second-order valence-electron chi connectivity index (χ2n) is 7.15. The van der Waals surface area contributed by atoms with Crippen LogP contribution in [0.5, 0.6) is 11.5 Å². The molecule has 0 radical (unpaired) electrons. The van der Waals surface area contributed by atoms with E-state index in [9.17, 15) is 13.2 Å². The second kappa shape index (κ2) is 9.85. The number of carbonyl (C=O) groups is 1. The number of unbranched alkanes of at least 4 members (excludes halogenated alkanes) is 1. The summed E-state index contributed by atoms with van der Waals surface area (Å²) in [5.74, 6) is 0.520. The Morgan fingerprint density at radius 1 is 1.12 bits per heavy atom. The molecule has 3 rings (SSSR count). The monoisotopic (exact) mass is 502 g/mol. The maximum atomic E-state index is 11.8. The van der Waals surface area contributed by atoms with Crippen LogP contribution < -0.4 is 14.2 Å². The molecule has 1 amide bonds. The molecule has 0 saturated carbocycles. The number of oxime groups is 1. The molecule has 0 fully saturated rings. The Labute approximate surface area is 195 Å². The van der Waals surface area contributed by atoms with E-state index in [-0.39, 0.29) is 15.8 Å². The summed E-state index contributed by atoms with van der Waals surface area (Å²) >= 11 is 11.6. The number of fused-ring (bicyclic) bond motifs is 1. The molecule has 1 heterocycles. The van der Waals surface area contributed by atoms with Crippen molar-refractivity contribution in [1.29, 1.82) is 0 Å². The summed E-state index contributed by atoms with van der Waals surface area (Å²) in [5, 5.41) is 6.44. The molecule has 0 aromatic heterocycles. The van der Waals surface area contributed by atoms with Gasteiger partial charge in [-0.05, 0) is 51.0 Å². The lowest BCUT2D eigenvalue weighted by Crippen LogP contribution is -2.34. The molecule has 0 saturated heterocycles. The summed E-state index contributed by atoms with van der Waals surface area (Å²) in [6.07, 6.45) is 1.70. The van der Waals surface area contributed by atoms with Gasteiger partial charge in [0.2, 0.25) is 0 Å². The lowest BCUT2D eigenvalue weighted by atomic mass is 9.95. The summed E-state index contributed by atoms with van der Waals surface area (Å²) in [6.45, 7) is 3.95. The van der Waals surface area contributed by atoms with Crippen LogP contribution in [0, 0.1) is 0 Å². The topological polar surface area (TPSA) is 113 Å². The number of nitrogens with one attached hydrogen (secondary N) is 1. The SMILES string of the molecule is CC1(C)OC(=O)Nc2cc(OCCCC=NOS(=O)(=O)Oc3ccc(Cl)c(Cl)c3)ccc21. The zero-order valence-electron chi connectivity index (χ0n) is 17.1. The van der Waals surface area contributed by atoms with Gasteiger partial charge in [-0.2, -0.15) is 0 Å². The summed E-state index contributed by atoms with van der Waals surface area (Å²) in [5.41, 5.74) is 0.750. The van der Waals surface area contributed by atoms with Crippen LogP contribution in [0.3, 0.4) is 0 Å². The fourth-order valence-electron chi connectivity index (χ4n) is 2.83. The standard InChI is InChI=1S/C20H20Cl2N2O7S/c1-20(2)15-7-5-13(12-18(15)24-19(25)29-20)28-10-4-3-9-23-31-32(26,27)30-14-6-8-16(21)17(22)11-14/h5-9,11-12H,3-4,10H2,1-2H3,(H,24,25). The van der Waals surface area contributed by atoms with Crippen molar-refractivity contribution >= 4 is 51.6 Å². The van der Waals surface area contributed by atoms with Crippen LogP contribution >= 0.6 is 23.2 Å². The number of hydrogen-bond donors (Lipinski definition) is 1. The predicted octanol–water partition coefficient (Wildman–Crippen LogP) is 5.28. The first-order chi connectivity index (χ1) is 15.1. The molecule has 0 aliphatic carbocycles. The Balaban J connectivity index is 1.42. The Kier molecular flexibility index (Phi) is 7.37. The van der Waals surface area contributed by atoms with Gasteiger partial charge in [-0.15, -0.1) is 8.42 Å². The number of carbonyl (C=O) groups excluding carboxylic acids is 1. The van der Waals surface area contributed by atoms with Crippen molar-refractivity contribution in [3.8, 4) is 11.5 Å². The molecule has 0 unspecified atom stereocenters. The quantitative estimate of drug-likeness (QED) is 0.282. The summed E-state index contributed by atoms with van der Waals surface area (Å²) in [6, 6.07) is 9.30. The van der Waals surface area contributed by atoms with Gasteiger partial charge >= 0.3 is 16.5 Å². The van der Waals surface area contributed by atoms with Crippen LogP contribution in [0.4, 0.5) is 10.5 Å². The van der Waals surface area contributed by atoms with Crippen LogP contribution in [0.1, 0.15) is 32.3 Å². The first-order valence-corrected chi connectivity index (χ1v) is 11.5. The number of halogens is 2. The molecule has 1 aliphatic rings. The Bertz CT molecular complexity index is 1140. The van der Waals surface area contributed by atoms with Crippen LogP contribution in [-0.4, -0.2) is 27.3 Å². The van der Waals surface area contributed by atoms with Crippen molar-refractivity contribution in [2.45, 2.75) is 32.3 Å². The minimum atomic E-state index is -4.40. The molecule has 172 valence electrons. The highest BCUT2D eigenvalue weighted by Gasteiger charge is 2.33. The Morgan fingerprint density at radius 2 is 1.88 bits per heavy atom. The Hall–Kier alpha value is -2.69. The van der Waals surface area contributed by atoms with Gasteiger partial charge in [-0.25, -0.2) is 9.08 Å². The largest absolute Gasteiger partial charge is 0.521 e. The van der Waals surface area contributed by atoms with Crippen molar-refractivity contribution in [3.05, 3.63) is 52.0 Å². The number of hydrogen-bond acceptors (Lipinski definition) is 8. The molecule has 9 nitrogen and oxygen atoms in total. The predicted molar refractivity (Wildman–Crippen MR) is 120 cm³/mol. The van der Waals surface area contributed by atoms with Crippen LogP contribution in [0.25, 0.3) is 0 Å². The molecular formula is C20H20Cl2N2O7S. The summed E-state index contributed by atoms with van der Waals surface area (Å²) in [4.78, 5) is 11.7. The highest BCUT2D eigenvalue weighted by Crippen LogP contribution is 2.37. The van der Waals surface area contributed by atoms with Gasteiger partial charge in [0.1, 0.15) is 17.1 Å². The van der Waals surface area contributed by atoms with E-state index in [0.717, 1.165) is 5.56 Å². The zero-order chi connectivity index (χ0) is 23.4. The van der Waals surface area contributed by atoms with E-state index >= 15 is 0 Å². The Morgan fingerprint density at radius 3 is 2.62 bits per heavy atom. The average molecular weight is 503 g/mol. The highest BCUT2D eigenvalue weighted by atomic mass is 35.5. The van der Waals surface area contributed by atoms with Crippen molar-refractivity contribution < 1.29 is 31.2 Å². The molecule has 2 aromatic carbocycles. The normalized spacial score (nSPS) is 14.9. The van der Waals surface area contributed by atoms with E-state index in [1.807, 2.05) is 19.9 Å². The third-order valence-electron chi connectivity index (χ3n) is 4.27. The van der Waals surface area contributed by atoms with Crippen molar-refractivity contribution in [3.63, 3.8) is 0 Å². The molecule has 12 heteroatoms.